The van der Waals surface area contributed by atoms with E-state index in [1.807, 2.05) is 41.9 Å². The number of para-hydroxylation sites is 1. The van der Waals surface area contributed by atoms with E-state index < -0.39 is 0 Å². The molecule has 0 atom stereocenters. The standard InChI is InChI=1S/C19H18Cl2N4S/c1-12-18(13(2)25(24-12)17-6-4-3-5-7-17)11-22-19(26)23-16-9-14(20)8-15(21)10-16/h3-10H,11H2,1-2H3,(H2,22,23,26). The Morgan fingerprint density at radius 1 is 1.08 bits per heavy atom. The van der Waals surface area contributed by atoms with Crippen LogP contribution in [0.5, 0.6) is 0 Å². The van der Waals surface area contributed by atoms with E-state index in [9.17, 15) is 0 Å². The summed E-state index contributed by atoms with van der Waals surface area (Å²) in [5, 5.41) is 12.6. The Balaban J connectivity index is 1.70. The number of nitrogens with zero attached hydrogens (tertiary/aromatic N) is 2. The number of benzene rings is 2. The van der Waals surface area contributed by atoms with Gasteiger partial charge in [0.15, 0.2) is 5.11 Å². The van der Waals surface area contributed by atoms with Gasteiger partial charge in [-0.05, 0) is 56.4 Å². The van der Waals surface area contributed by atoms with Crippen LogP contribution in [-0.4, -0.2) is 14.9 Å². The van der Waals surface area contributed by atoms with Crippen LogP contribution >= 0.6 is 35.4 Å². The largest absolute Gasteiger partial charge is 0.358 e. The Labute approximate surface area is 168 Å². The lowest BCUT2D eigenvalue weighted by atomic mass is 10.2. The first-order valence-electron chi connectivity index (χ1n) is 8.05. The van der Waals surface area contributed by atoms with Crippen LogP contribution in [0.2, 0.25) is 10.0 Å². The summed E-state index contributed by atoms with van der Waals surface area (Å²) in [4.78, 5) is 0. The Morgan fingerprint density at radius 3 is 2.38 bits per heavy atom. The van der Waals surface area contributed by atoms with Gasteiger partial charge in [-0.3, -0.25) is 0 Å². The monoisotopic (exact) mass is 404 g/mol. The SMILES string of the molecule is Cc1nn(-c2ccccc2)c(C)c1CNC(=S)Nc1cc(Cl)cc(Cl)c1. The molecule has 0 aliphatic carbocycles. The summed E-state index contributed by atoms with van der Waals surface area (Å²) in [5.41, 5.74) is 4.94. The average Bonchev–Trinajstić information content (AvgIpc) is 2.87. The third-order valence-corrected chi connectivity index (χ3v) is 4.67. The molecule has 2 N–H and O–H groups in total. The third-order valence-electron chi connectivity index (χ3n) is 3.99. The summed E-state index contributed by atoms with van der Waals surface area (Å²) < 4.78 is 1.94. The van der Waals surface area contributed by atoms with E-state index in [0.29, 0.717) is 21.7 Å². The van der Waals surface area contributed by atoms with E-state index >= 15 is 0 Å². The van der Waals surface area contributed by atoms with Crippen molar-refractivity contribution in [3.05, 3.63) is 75.5 Å². The average molecular weight is 405 g/mol. The molecule has 1 aromatic heterocycles. The zero-order valence-electron chi connectivity index (χ0n) is 14.4. The Bertz CT molecular complexity index is 918. The van der Waals surface area contributed by atoms with Crippen molar-refractivity contribution >= 4 is 46.2 Å². The van der Waals surface area contributed by atoms with Gasteiger partial charge in [0.1, 0.15) is 0 Å². The quantitative estimate of drug-likeness (QED) is 0.580. The number of hydrogen-bond acceptors (Lipinski definition) is 2. The lowest BCUT2D eigenvalue weighted by Gasteiger charge is -2.12. The summed E-state index contributed by atoms with van der Waals surface area (Å²) in [6.45, 7) is 4.62. The second-order valence-corrected chi connectivity index (χ2v) is 7.14. The predicted octanol–water partition coefficient (Wildman–Crippen LogP) is 5.28. The van der Waals surface area contributed by atoms with Crippen LogP contribution in [0.15, 0.2) is 48.5 Å². The maximum atomic E-state index is 6.01. The van der Waals surface area contributed by atoms with Gasteiger partial charge >= 0.3 is 0 Å². The molecular formula is C19H18Cl2N4S. The minimum absolute atomic E-state index is 0.495. The highest BCUT2D eigenvalue weighted by Crippen LogP contribution is 2.22. The minimum Gasteiger partial charge on any atom is -0.358 e. The molecule has 0 aliphatic rings. The molecule has 0 radical (unpaired) electrons. The van der Waals surface area contributed by atoms with Gasteiger partial charge < -0.3 is 10.6 Å². The Kier molecular flexibility index (Phi) is 5.81. The minimum atomic E-state index is 0.495. The van der Waals surface area contributed by atoms with Crippen LogP contribution in [0.1, 0.15) is 17.0 Å². The van der Waals surface area contributed by atoms with Crippen molar-refractivity contribution in [1.82, 2.24) is 15.1 Å². The second kappa shape index (κ2) is 8.08. The molecule has 0 saturated carbocycles. The van der Waals surface area contributed by atoms with Gasteiger partial charge in [-0.1, -0.05) is 41.4 Å². The lowest BCUT2D eigenvalue weighted by Crippen LogP contribution is -2.28. The summed E-state index contributed by atoms with van der Waals surface area (Å²) in [6, 6.07) is 15.3. The van der Waals surface area contributed by atoms with Crippen molar-refractivity contribution in [2.45, 2.75) is 20.4 Å². The smallest absolute Gasteiger partial charge is 0.171 e. The predicted molar refractivity (Wildman–Crippen MR) is 113 cm³/mol. The van der Waals surface area contributed by atoms with Crippen molar-refractivity contribution in [3.8, 4) is 5.69 Å². The fourth-order valence-electron chi connectivity index (χ4n) is 2.72. The topological polar surface area (TPSA) is 41.9 Å². The molecule has 0 amide bonds. The van der Waals surface area contributed by atoms with Crippen molar-refractivity contribution in [2.24, 2.45) is 0 Å². The van der Waals surface area contributed by atoms with E-state index in [2.05, 4.69) is 22.7 Å². The van der Waals surface area contributed by atoms with Crippen molar-refractivity contribution < 1.29 is 0 Å². The van der Waals surface area contributed by atoms with Crippen LogP contribution < -0.4 is 10.6 Å². The van der Waals surface area contributed by atoms with Gasteiger partial charge in [-0.25, -0.2) is 4.68 Å². The van der Waals surface area contributed by atoms with E-state index in [4.69, 9.17) is 35.4 Å². The molecule has 26 heavy (non-hydrogen) atoms. The number of rotatable bonds is 4. The van der Waals surface area contributed by atoms with Crippen LogP contribution in [0, 0.1) is 13.8 Å². The van der Waals surface area contributed by atoms with Crippen LogP contribution in [0.4, 0.5) is 5.69 Å². The normalized spacial score (nSPS) is 10.6. The van der Waals surface area contributed by atoms with Crippen LogP contribution in [-0.2, 0) is 6.54 Å². The Hall–Kier alpha value is -2.08. The number of aromatic nitrogens is 2. The molecule has 0 aliphatic heterocycles. The molecular weight excluding hydrogens is 387 g/mol. The Morgan fingerprint density at radius 2 is 1.73 bits per heavy atom. The second-order valence-electron chi connectivity index (χ2n) is 5.86. The molecule has 0 saturated heterocycles. The van der Waals surface area contributed by atoms with Crippen molar-refractivity contribution in [3.63, 3.8) is 0 Å². The zero-order valence-corrected chi connectivity index (χ0v) is 16.7. The number of nitrogens with one attached hydrogen (secondary N) is 2. The molecule has 4 nitrogen and oxygen atoms in total. The number of aryl methyl sites for hydroxylation is 1. The molecule has 3 aromatic rings. The third kappa shape index (κ3) is 4.36. The molecule has 0 spiro atoms. The van der Waals surface area contributed by atoms with Gasteiger partial charge in [0.05, 0.1) is 11.4 Å². The van der Waals surface area contributed by atoms with Gasteiger partial charge in [-0.2, -0.15) is 5.10 Å². The van der Waals surface area contributed by atoms with E-state index in [1.54, 1.807) is 18.2 Å². The fourth-order valence-corrected chi connectivity index (χ4v) is 3.44. The summed E-state index contributed by atoms with van der Waals surface area (Å²) in [6.07, 6.45) is 0. The van der Waals surface area contributed by atoms with Crippen molar-refractivity contribution in [1.29, 1.82) is 0 Å². The zero-order chi connectivity index (χ0) is 18.7. The summed E-state index contributed by atoms with van der Waals surface area (Å²) >= 11 is 17.4. The molecule has 3 rings (SSSR count). The first-order valence-corrected chi connectivity index (χ1v) is 9.22. The van der Waals surface area contributed by atoms with Gasteiger partial charge in [0.25, 0.3) is 0 Å². The van der Waals surface area contributed by atoms with Gasteiger partial charge in [0.2, 0.25) is 0 Å². The number of anilines is 1. The molecule has 0 fully saturated rings. The van der Waals surface area contributed by atoms with Crippen LogP contribution in [0.3, 0.4) is 0 Å². The summed E-state index contributed by atoms with van der Waals surface area (Å²) in [5.74, 6) is 0. The molecule has 1 heterocycles. The number of halogens is 2. The number of thiocarbonyl (C=S) groups is 1. The first-order chi connectivity index (χ1) is 12.4. The van der Waals surface area contributed by atoms with Gasteiger partial charge in [-0.15, -0.1) is 0 Å². The molecule has 134 valence electrons. The maximum absolute atomic E-state index is 6.01. The fraction of sp³-hybridized carbons (Fsp3) is 0.158. The highest BCUT2D eigenvalue weighted by Gasteiger charge is 2.13. The first kappa shape index (κ1) is 18.7. The van der Waals surface area contributed by atoms with E-state index in [1.165, 1.54) is 0 Å². The van der Waals surface area contributed by atoms with Gasteiger partial charge in [0, 0.05) is 33.5 Å². The van der Waals surface area contributed by atoms with E-state index in [0.717, 1.165) is 28.3 Å². The number of hydrogen-bond donors (Lipinski definition) is 2. The molecule has 2 aromatic carbocycles. The molecule has 0 bridgehead atoms. The van der Waals surface area contributed by atoms with Crippen LogP contribution in [0.25, 0.3) is 5.69 Å². The molecule has 7 heteroatoms. The molecule has 0 unspecified atom stereocenters. The highest BCUT2D eigenvalue weighted by atomic mass is 35.5. The lowest BCUT2D eigenvalue weighted by molar-refractivity contribution is 0.830. The highest BCUT2D eigenvalue weighted by molar-refractivity contribution is 7.80. The summed E-state index contributed by atoms with van der Waals surface area (Å²) in [7, 11) is 0. The maximum Gasteiger partial charge on any atom is 0.171 e. The van der Waals surface area contributed by atoms with Crippen molar-refractivity contribution in [2.75, 3.05) is 5.32 Å². The van der Waals surface area contributed by atoms with E-state index in [-0.39, 0.29) is 0 Å².